The summed E-state index contributed by atoms with van der Waals surface area (Å²) in [6.45, 7) is 1.21. The van der Waals surface area contributed by atoms with Crippen molar-refractivity contribution < 1.29 is 4.74 Å². The van der Waals surface area contributed by atoms with E-state index in [2.05, 4.69) is 25.3 Å². The van der Waals surface area contributed by atoms with E-state index in [4.69, 9.17) is 22.1 Å². The third-order valence-corrected chi connectivity index (χ3v) is 5.58. The van der Waals surface area contributed by atoms with E-state index in [-0.39, 0.29) is 11.7 Å². The van der Waals surface area contributed by atoms with Crippen LogP contribution in [0.15, 0.2) is 47.5 Å². The molecule has 9 nitrogen and oxygen atoms in total. The third-order valence-electron chi connectivity index (χ3n) is 5.34. The third kappa shape index (κ3) is 3.73. The number of aromatic nitrogens is 5. The van der Waals surface area contributed by atoms with E-state index in [1.807, 2.05) is 12.1 Å². The SMILES string of the molecule is Nc1ccc(Cl)cc1Nc1nc(-c2ccncc2)c2[nH]c(=O)n(C3CCOCC3)c2n1. The summed E-state index contributed by atoms with van der Waals surface area (Å²) >= 11 is 6.13. The van der Waals surface area contributed by atoms with Crippen LogP contribution in [-0.2, 0) is 4.74 Å². The Kier molecular flexibility index (Phi) is 5.05. The molecule has 158 valence electrons. The molecule has 0 unspecified atom stereocenters. The smallest absolute Gasteiger partial charge is 0.327 e. The highest BCUT2D eigenvalue weighted by Crippen LogP contribution is 2.31. The van der Waals surface area contributed by atoms with Gasteiger partial charge in [-0.3, -0.25) is 9.55 Å². The summed E-state index contributed by atoms with van der Waals surface area (Å²) in [6.07, 6.45) is 4.84. The second-order valence-corrected chi connectivity index (χ2v) is 7.77. The van der Waals surface area contributed by atoms with Crippen LogP contribution in [0.1, 0.15) is 18.9 Å². The Hall–Kier alpha value is -3.43. The molecule has 5 rings (SSSR count). The van der Waals surface area contributed by atoms with E-state index < -0.39 is 0 Å². The van der Waals surface area contributed by atoms with Crippen LogP contribution < -0.4 is 16.7 Å². The number of hydrogen-bond donors (Lipinski definition) is 3. The molecule has 0 bridgehead atoms. The van der Waals surface area contributed by atoms with E-state index in [1.54, 1.807) is 35.2 Å². The zero-order valence-electron chi connectivity index (χ0n) is 16.5. The van der Waals surface area contributed by atoms with Gasteiger partial charge >= 0.3 is 5.69 Å². The number of ether oxygens (including phenoxy) is 1. The summed E-state index contributed by atoms with van der Waals surface area (Å²) in [7, 11) is 0. The molecule has 4 aromatic rings. The predicted molar refractivity (Wildman–Crippen MR) is 120 cm³/mol. The maximum atomic E-state index is 12.9. The standard InChI is InChI=1S/C21H20ClN7O2/c22-13-1-2-15(23)16(11-13)25-20-26-17(12-3-7-24-8-4-12)18-19(28-20)29(21(30)27-18)14-5-9-31-10-6-14/h1-4,7-8,11,14H,5-6,9-10,23H2,(H,27,30)(H,25,26,28). The normalized spacial score (nSPS) is 14.7. The molecular weight excluding hydrogens is 418 g/mol. The fraction of sp³-hybridized carbons (Fsp3) is 0.238. The van der Waals surface area contributed by atoms with E-state index in [0.717, 1.165) is 18.4 Å². The largest absolute Gasteiger partial charge is 0.397 e. The molecule has 0 saturated carbocycles. The molecule has 0 amide bonds. The van der Waals surface area contributed by atoms with Gasteiger partial charge in [0.2, 0.25) is 5.95 Å². The zero-order valence-corrected chi connectivity index (χ0v) is 17.3. The maximum Gasteiger partial charge on any atom is 0.327 e. The summed E-state index contributed by atoms with van der Waals surface area (Å²) in [4.78, 5) is 29.3. The van der Waals surface area contributed by atoms with Crippen molar-refractivity contribution in [2.24, 2.45) is 0 Å². The van der Waals surface area contributed by atoms with E-state index >= 15 is 0 Å². The number of halogens is 1. The van der Waals surface area contributed by atoms with Gasteiger partial charge in [0, 0.05) is 42.2 Å². The van der Waals surface area contributed by atoms with E-state index in [0.29, 0.717) is 52.4 Å². The fourth-order valence-corrected chi connectivity index (χ4v) is 3.99. The number of fused-ring (bicyclic) bond motifs is 1. The van der Waals surface area contributed by atoms with Crippen molar-refractivity contribution in [3.63, 3.8) is 0 Å². The van der Waals surface area contributed by atoms with Crippen molar-refractivity contribution in [1.29, 1.82) is 0 Å². The van der Waals surface area contributed by atoms with Crippen molar-refractivity contribution in [2.75, 3.05) is 24.3 Å². The first-order valence-electron chi connectivity index (χ1n) is 9.92. The summed E-state index contributed by atoms with van der Waals surface area (Å²) in [5.74, 6) is 0.313. The van der Waals surface area contributed by atoms with Gasteiger partial charge in [0.25, 0.3) is 0 Å². The van der Waals surface area contributed by atoms with Gasteiger partial charge in [0.1, 0.15) is 11.2 Å². The van der Waals surface area contributed by atoms with Crippen LogP contribution in [-0.4, -0.2) is 37.7 Å². The number of nitrogens with one attached hydrogen (secondary N) is 2. The van der Waals surface area contributed by atoms with Crippen molar-refractivity contribution in [3.05, 3.63) is 58.2 Å². The van der Waals surface area contributed by atoms with E-state index in [9.17, 15) is 4.79 Å². The lowest BCUT2D eigenvalue weighted by Crippen LogP contribution is -2.27. The minimum absolute atomic E-state index is 0.000667. The number of nitrogens with two attached hydrogens (primary N) is 1. The molecule has 1 aromatic carbocycles. The summed E-state index contributed by atoms with van der Waals surface area (Å²) in [5, 5.41) is 3.69. The van der Waals surface area contributed by atoms with Crippen molar-refractivity contribution in [1.82, 2.24) is 24.5 Å². The Morgan fingerprint density at radius 1 is 1.16 bits per heavy atom. The topological polar surface area (TPSA) is 124 Å². The second-order valence-electron chi connectivity index (χ2n) is 7.33. The van der Waals surface area contributed by atoms with Gasteiger partial charge in [0.15, 0.2) is 5.65 Å². The van der Waals surface area contributed by atoms with Crippen LogP contribution in [0, 0.1) is 0 Å². The minimum atomic E-state index is -0.217. The molecule has 4 heterocycles. The Balaban J connectivity index is 1.70. The molecule has 31 heavy (non-hydrogen) atoms. The summed E-state index contributed by atoms with van der Waals surface area (Å²) < 4.78 is 7.17. The van der Waals surface area contributed by atoms with Crippen LogP contribution in [0.5, 0.6) is 0 Å². The zero-order chi connectivity index (χ0) is 21.4. The summed E-state index contributed by atoms with van der Waals surface area (Å²) in [6, 6.07) is 8.80. The van der Waals surface area contributed by atoms with Gasteiger partial charge in [0.05, 0.1) is 11.4 Å². The number of benzene rings is 1. The van der Waals surface area contributed by atoms with Crippen molar-refractivity contribution in [3.8, 4) is 11.3 Å². The first-order chi connectivity index (χ1) is 15.1. The molecular formula is C21H20ClN7O2. The van der Waals surface area contributed by atoms with Gasteiger partial charge in [-0.2, -0.15) is 4.98 Å². The Morgan fingerprint density at radius 3 is 2.71 bits per heavy atom. The quantitative estimate of drug-likeness (QED) is 0.417. The minimum Gasteiger partial charge on any atom is -0.397 e. The number of nitrogen functional groups attached to an aromatic ring is 1. The van der Waals surface area contributed by atoms with Gasteiger partial charge in [-0.25, -0.2) is 9.78 Å². The van der Waals surface area contributed by atoms with Gasteiger partial charge in [-0.1, -0.05) is 11.6 Å². The molecule has 4 N–H and O–H groups in total. The maximum absolute atomic E-state index is 12.9. The lowest BCUT2D eigenvalue weighted by Gasteiger charge is -2.23. The Labute approximate surface area is 182 Å². The highest BCUT2D eigenvalue weighted by molar-refractivity contribution is 6.31. The van der Waals surface area contributed by atoms with Crippen molar-refractivity contribution in [2.45, 2.75) is 18.9 Å². The number of hydrogen-bond acceptors (Lipinski definition) is 7. The van der Waals surface area contributed by atoms with Gasteiger partial charge in [-0.15, -0.1) is 0 Å². The monoisotopic (exact) mass is 437 g/mol. The first kappa shape index (κ1) is 19.5. The average Bonchev–Trinajstić information content (AvgIpc) is 3.12. The molecule has 0 aliphatic carbocycles. The number of imidazole rings is 1. The lowest BCUT2D eigenvalue weighted by atomic mass is 10.1. The number of pyridine rings is 1. The van der Waals surface area contributed by atoms with Crippen molar-refractivity contribution >= 4 is 40.1 Å². The van der Waals surface area contributed by atoms with Crippen LogP contribution in [0.25, 0.3) is 22.4 Å². The fourth-order valence-electron chi connectivity index (χ4n) is 3.82. The van der Waals surface area contributed by atoms with Crippen LogP contribution in [0.3, 0.4) is 0 Å². The molecule has 1 aliphatic rings. The second kappa shape index (κ2) is 8.01. The highest BCUT2D eigenvalue weighted by Gasteiger charge is 2.24. The molecule has 1 aliphatic heterocycles. The van der Waals surface area contributed by atoms with Gasteiger partial charge < -0.3 is 20.8 Å². The molecule has 1 saturated heterocycles. The van der Waals surface area contributed by atoms with E-state index in [1.165, 1.54) is 0 Å². The molecule has 0 spiro atoms. The van der Waals surface area contributed by atoms with Crippen LogP contribution in [0.4, 0.5) is 17.3 Å². The Bertz CT molecular complexity index is 1300. The molecule has 10 heteroatoms. The molecule has 1 fully saturated rings. The lowest BCUT2D eigenvalue weighted by molar-refractivity contribution is 0.0697. The van der Waals surface area contributed by atoms with Crippen LogP contribution >= 0.6 is 11.6 Å². The number of H-pyrrole nitrogens is 1. The number of rotatable bonds is 4. The molecule has 0 atom stereocenters. The highest BCUT2D eigenvalue weighted by atomic mass is 35.5. The number of aromatic amines is 1. The molecule has 3 aromatic heterocycles. The molecule has 0 radical (unpaired) electrons. The number of anilines is 3. The predicted octanol–water partition coefficient (Wildman–Crippen LogP) is 3.51. The van der Waals surface area contributed by atoms with Crippen LogP contribution in [0.2, 0.25) is 5.02 Å². The Morgan fingerprint density at radius 2 is 1.94 bits per heavy atom. The van der Waals surface area contributed by atoms with Gasteiger partial charge in [-0.05, 0) is 43.2 Å². The summed E-state index contributed by atoms with van der Waals surface area (Å²) in [5.41, 5.74) is 9.48. The first-order valence-corrected chi connectivity index (χ1v) is 10.3. The number of nitrogens with zero attached hydrogens (tertiary/aromatic N) is 4. The average molecular weight is 438 g/mol.